The fraction of sp³-hybridized carbons (Fsp3) is 0.667. The van der Waals surface area contributed by atoms with E-state index < -0.39 is 0 Å². The maximum absolute atomic E-state index is 10.2. The Morgan fingerprint density at radius 2 is 2.00 bits per heavy atom. The van der Waals surface area contributed by atoms with E-state index >= 15 is 0 Å². The Balaban J connectivity index is 3.71. The van der Waals surface area contributed by atoms with Crippen LogP contribution in [0.15, 0.2) is 12.3 Å². The first kappa shape index (κ1) is 10.2. The molecule has 0 unspecified atom stereocenters. The number of hydrogen-bond acceptors (Lipinski definition) is 2. The molecular weight excluding hydrogens is 140 g/mol. The van der Waals surface area contributed by atoms with Gasteiger partial charge in [0.05, 0.1) is 13.4 Å². The molecule has 0 atom stereocenters. The van der Waals surface area contributed by atoms with E-state index in [1.807, 2.05) is 6.08 Å². The van der Waals surface area contributed by atoms with E-state index in [0.29, 0.717) is 6.42 Å². The molecule has 0 aromatic rings. The second-order valence-electron chi connectivity index (χ2n) is 3.35. The van der Waals surface area contributed by atoms with Gasteiger partial charge in [0.25, 0.3) is 0 Å². The zero-order valence-corrected chi connectivity index (χ0v) is 7.46. The predicted molar refractivity (Wildman–Crippen MR) is 45.2 cm³/mol. The molecule has 0 aromatic carbocycles. The standard InChI is InChI=1S/C9H16O2/c1-9(2,6-7-10)5-4-8-11-3/h4,7-8H,5-6H2,1-3H3. The maximum Gasteiger partial charge on any atom is 0.120 e. The van der Waals surface area contributed by atoms with Crippen LogP contribution in [0.25, 0.3) is 0 Å². The van der Waals surface area contributed by atoms with Crippen LogP contribution in [-0.2, 0) is 9.53 Å². The number of hydrogen-bond donors (Lipinski definition) is 0. The van der Waals surface area contributed by atoms with Crippen molar-refractivity contribution >= 4 is 6.29 Å². The number of carbonyl (C=O) groups excluding carboxylic acids is 1. The van der Waals surface area contributed by atoms with Crippen LogP contribution in [0.5, 0.6) is 0 Å². The van der Waals surface area contributed by atoms with Crippen LogP contribution in [0.1, 0.15) is 26.7 Å². The summed E-state index contributed by atoms with van der Waals surface area (Å²) in [5.41, 5.74) is 0.0663. The number of carbonyl (C=O) groups is 1. The molecule has 0 saturated carbocycles. The minimum absolute atomic E-state index is 0.0663. The van der Waals surface area contributed by atoms with Gasteiger partial charge in [0.15, 0.2) is 0 Å². The molecule has 0 saturated heterocycles. The van der Waals surface area contributed by atoms with Crippen molar-refractivity contribution in [2.45, 2.75) is 26.7 Å². The highest BCUT2D eigenvalue weighted by Crippen LogP contribution is 2.23. The maximum atomic E-state index is 10.2. The fourth-order valence-electron chi connectivity index (χ4n) is 0.772. The van der Waals surface area contributed by atoms with Crippen molar-refractivity contribution in [1.29, 1.82) is 0 Å². The SMILES string of the molecule is COC=CCC(C)(C)CC=O. The summed E-state index contributed by atoms with van der Waals surface area (Å²) in [5.74, 6) is 0. The third kappa shape index (κ3) is 5.64. The lowest BCUT2D eigenvalue weighted by Gasteiger charge is -2.18. The van der Waals surface area contributed by atoms with Gasteiger partial charge in [-0.05, 0) is 17.9 Å². The average Bonchev–Trinajstić information content (AvgIpc) is 1.87. The quantitative estimate of drug-likeness (QED) is 0.450. The number of rotatable bonds is 5. The molecule has 0 amide bonds. The van der Waals surface area contributed by atoms with E-state index in [4.69, 9.17) is 4.74 Å². The molecule has 0 radical (unpaired) electrons. The van der Waals surface area contributed by atoms with Gasteiger partial charge in [-0.15, -0.1) is 0 Å². The molecule has 11 heavy (non-hydrogen) atoms. The highest BCUT2D eigenvalue weighted by atomic mass is 16.5. The van der Waals surface area contributed by atoms with Crippen LogP contribution in [0.4, 0.5) is 0 Å². The third-order valence-corrected chi connectivity index (χ3v) is 1.54. The van der Waals surface area contributed by atoms with Crippen molar-refractivity contribution in [2.24, 2.45) is 5.41 Å². The van der Waals surface area contributed by atoms with Gasteiger partial charge < -0.3 is 9.53 Å². The van der Waals surface area contributed by atoms with E-state index in [9.17, 15) is 4.79 Å². The molecule has 0 bridgehead atoms. The van der Waals surface area contributed by atoms with Crippen LogP contribution in [0.2, 0.25) is 0 Å². The van der Waals surface area contributed by atoms with E-state index in [1.54, 1.807) is 13.4 Å². The summed E-state index contributed by atoms with van der Waals surface area (Å²) in [6, 6.07) is 0. The summed E-state index contributed by atoms with van der Waals surface area (Å²) in [4.78, 5) is 10.2. The van der Waals surface area contributed by atoms with E-state index in [0.717, 1.165) is 12.7 Å². The Morgan fingerprint density at radius 3 is 2.45 bits per heavy atom. The first-order valence-electron chi connectivity index (χ1n) is 3.74. The molecule has 64 valence electrons. The fourth-order valence-corrected chi connectivity index (χ4v) is 0.772. The lowest BCUT2D eigenvalue weighted by atomic mass is 9.86. The Hall–Kier alpha value is -0.790. The third-order valence-electron chi connectivity index (χ3n) is 1.54. The summed E-state index contributed by atoms with van der Waals surface area (Å²) in [7, 11) is 1.61. The Bertz CT molecular complexity index is 136. The first-order valence-corrected chi connectivity index (χ1v) is 3.74. The second-order valence-corrected chi connectivity index (χ2v) is 3.35. The lowest BCUT2D eigenvalue weighted by molar-refractivity contribution is -0.109. The van der Waals surface area contributed by atoms with Crippen LogP contribution in [0.3, 0.4) is 0 Å². The van der Waals surface area contributed by atoms with Crippen molar-refractivity contribution in [1.82, 2.24) is 0 Å². The first-order chi connectivity index (χ1) is 5.12. The smallest absolute Gasteiger partial charge is 0.120 e. The number of ether oxygens (including phenoxy) is 1. The van der Waals surface area contributed by atoms with Crippen LogP contribution in [0, 0.1) is 5.41 Å². The molecule has 0 aromatic heterocycles. The minimum atomic E-state index is 0.0663. The van der Waals surface area contributed by atoms with Gasteiger partial charge in [0, 0.05) is 6.42 Å². The zero-order chi connectivity index (χ0) is 8.74. The van der Waals surface area contributed by atoms with Crippen LogP contribution >= 0.6 is 0 Å². The molecule has 0 rings (SSSR count). The highest BCUT2D eigenvalue weighted by Gasteiger charge is 2.14. The predicted octanol–water partition coefficient (Wildman–Crippen LogP) is 2.15. The lowest BCUT2D eigenvalue weighted by Crippen LogP contribution is -2.10. The topological polar surface area (TPSA) is 26.3 Å². The van der Waals surface area contributed by atoms with Gasteiger partial charge >= 0.3 is 0 Å². The van der Waals surface area contributed by atoms with Crippen LogP contribution in [-0.4, -0.2) is 13.4 Å². The van der Waals surface area contributed by atoms with Crippen molar-refractivity contribution in [2.75, 3.05) is 7.11 Å². The Labute approximate surface area is 68.2 Å². The van der Waals surface area contributed by atoms with Crippen molar-refractivity contribution in [3.63, 3.8) is 0 Å². The summed E-state index contributed by atoms with van der Waals surface area (Å²) >= 11 is 0. The summed E-state index contributed by atoms with van der Waals surface area (Å²) in [5, 5.41) is 0. The molecular formula is C9H16O2. The number of allylic oxidation sites excluding steroid dienone is 1. The molecule has 0 fully saturated rings. The van der Waals surface area contributed by atoms with Crippen molar-refractivity contribution in [3.8, 4) is 0 Å². The van der Waals surface area contributed by atoms with Gasteiger partial charge in [-0.2, -0.15) is 0 Å². The van der Waals surface area contributed by atoms with Gasteiger partial charge in [-0.3, -0.25) is 0 Å². The average molecular weight is 156 g/mol. The normalized spacial score (nSPS) is 11.9. The van der Waals surface area contributed by atoms with E-state index in [-0.39, 0.29) is 5.41 Å². The molecule has 2 nitrogen and oxygen atoms in total. The largest absolute Gasteiger partial charge is 0.505 e. The second kappa shape index (κ2) is 4.94. The Kier molecular flexibility index (Phi) is 4.59. The molecule has 0 aliphatic heterocycles. The number of methoxy groups -OCH3 is 1. The molecule has 0 spiro atoms. The van der Waals surface area contributed by atoms with E-state index in [2.05, 4.69) is 13.8 Å². The monoisotopic (exact) mass is 156 g/mol. The van der Waals surface area contributed by atoms with Crippen LogP contribution < -0.4 is 0 Å². The van der Waals surface area contributed by atoms with Gasteiger partial charge in [-0.1, -0.05) is 13.8 Å². The zero-order valence-electron chi connectivity index (χ0n) is 7.46. The van der Waals surface area contributed by atoms with Gasteiger partial charge in [0.1, 0.15) is 6.29 Å². The number of aldehydes is 1. The molecule has 0 N–H and O–H groups in total. The van der Waals surface area contributed by atoms with E-state index in [1.165, 1.54) is 0 Å². The van der Waals surface area contributed by atoms with Gasteiger partial charge in [0.2, 0.25) is 0 Å². The Morgan fingerprint density at radius 1 is 1.36 bits per heavy atom. The molecule has 0 aliphatic carbocycles. The molecule has 0 aliphatic rings. The van der Waals surface area contributed by atoms with Crippen molar-refractivity contribution < 1.29 is 9.53 Å². The molecule has 2 heteroatoms. The summed E-state index contributed by atoms with van der Waals surface area (Å²) in [6.07, 6.45) is 6.01. The highest BCUT2D eigenvalue weighted by molar-refractivity contribution is 5.50. The van der Waals surface area contributed by atoms with Gasteiger partial charge in [-0.25, -0.2) is 0 Å². The summed E-state index contributed by atoms with van der Waals surface area (Å²) in [6.45, 7) is 4.11. The molecule has 0 heterocycles. The van der Waals surface area contributed by atoms with Crippen molar-refractivity contribution in [3.05, 3.63) is 12.3 Å². The summed E-state index contributed by atoms with van der Waals surface area (Å²) < 4.78 is 4.75. The minimum Gasteiger partial charge on any atom is -0.505 e.